The van der Waals surface area contributed by atoms with Gasteiger partial charge in [-0.3, -0.25) is 0 Å². The highest BCUT2D eigenvalue weighted by molar-refractivity contribution is 5.34. The molecule has 0 bridgehead atoms. The van der Waals surface area contributed by atoms with E-state index in [0.29, 0.717) is 0 Å². The second kappa shape index (κ2) is 5.49. The second-order valence-electron chi connectivity index (χ2n) is 3.99. The molecular weight excluding hydrogens is 231 g/mol. The van der Waals surface area contributed by atoms with Gasteiger partial charge in [-0.25, -0.2) is 9.37 Å². The smallest absolute Gasteiger partial charge is 0.165 e. The fourth-order valence-electron chi connectivity index (χ4n) is 1.57. The van der Waals surface area contributed by atoms with Gasteiger partial charge in [0.05, 0.1) is 5.69 Å². The van der Waals surface area contributed by atoms with Crippen molar-refractivity contribution in [3.8, 4) is 5.75 Å². The zero-order valence-electron chi connectivity index (χ0n) is 10.4. The Bertz CT molecular complexity index is 543. The molecule has 1 aromatic carbocycles. The average Bonchev–Trinajstić information content (AvgIpc) is 2.40. The lowest BCUT2D eigenvalue weighted by atomic mass is 10.2. The molecule has 4 heteroatoms. The maximum Gasteiger partial charge on any atom is 0.165 e. The molecule has 2 rings (SSSR count). The van der Waals surface area contributed by atoms with Crippen molar-refractivity contribution in [3.63, 3.8) is 0 Å². The number of hydrogen-bond acceptors (Lipinski definition) is 3. The van der Waals surface area contributed by atoms with Crippen molar-refractivity contribution < 1.29 is 9.13 Å². The van der Waals surface area contributed by atoms with Gasteiger partial charge in [0.25, 0.3) is 0 Å². The Morgan fingerprint density at radius 3 is 2.89 bits per heavy atom. The van der Waals surface area contributed by atoms with Crippen molar-refractivity contribution >= 4 is 5.82 Å². The lowest BCUT2D eigenvalue weighted by Crippen LogP contribution is -2.02. The number of aromatic nitrogens is 1. The summed E-state index contributed by atoms with van der Waals surface area (Å²) in [6.07, 6.45) is 0. The molecule has 0 aliphatic carbocycles. The van der Waals surface area contributed by atoms with E-state index in [1.165, 1.54) is 6.07 Å². The zero-order valence-corrected chi connectivity index (χ0v) is 10.4. The van der Waals surface area contributed by atoms with Gasteiger partial charge in [0.1, 0.15) is 12.4 Å². The van der Waals surface area contributed by atoms with Crippen LogP contribution >= 0.6 is 0 Å². The number of rotatable bonds is 4. The van der Waals surface area contributed by atoms with Crippen molar-refractivity contribution in [2.24, 2.45) is 0 Å². The first-order valence-corrected chi connectivity index (χ1v) is 5.71. The van der Waals surface area contributed by atoms with E-state index in [9.17, 15) is 4.39 Å². The molecule has 3 nitrogen and oxygen atoms in total. The molecule has 0 amide bonds. The molecule has 18 heavy (non-hydrogen) atoms. The highest BCUT2D eigenvalue weighted by Crippen LogP contribution is 2.19. The molecule has 0 aliphatic rings. The maximum atomic E-state index is 13.5. The molecule has 0 atom stereocenters. The molecule has 1 N–H and O–H groups in total. The van der Waals surface area contributed by atoms with Crippen molar-refractivity contribution in [2.45, 2.75) is 13.5 Å². The predicted octanol–water partition coefficient (Wildman–Crippen LogP) is 3.15. The topological polar surface area (TPSA) is 34.1 Å². The quantitative estimate of drug-likeness (QED) is 0.899. The minimum absolute atomic E-state index is 0.246. The van der Waals surface area contributed by atoms with Crippen LogP contribution in [0.2, 0.25) is 0 Å². The summed E-state index contributed by atoms with van der Waals surface area (Å²) in [5, 5.41) is 2.95. The van der Waals surface area contributed by atoms with Gasteiger partial charge < -0.3 is 10.1 Å². The summed E-state index contributed by atoms with van der Waals surface area (Å²) in [4.78, 5) is 4.30. The number of benzene rings is 1. The zero-order chi connectivity index (χ0) is 13.0. The third-order valence-corrected chi connectivity index (χ3v) is 2.53. The lowest BCUT2D eigenvalue weighted by molar-refractivity contribution is 0.286. The van der Waals surface area contributed by atoms with Crippen LogP contribution in [0.25, 0.3) is 0 Å². The Balaban J connectivity index is 2.08. The number of nitrogens with one attached hydrogen (secondary N) is 1. The van der Waals surface area contributed by atoms with Gasteiger partial charge >= 0.3 is 0 Å². The summed E-state index contributed by atoms with van der Waals surface area (Å²) in [6, 6.07) is 10.4. The first kappa shape index (κ1) is 12.4. The van der Waals surface area contributed by atoms with E-state index >= 15 is 0 Å². The number of ether oxygens (including phenoxy) is 1. The SMILES string of the molecule is CNc1cccc(COc2cc(C)ccc2F)n1. The van der Waals surface area contributed by atoms with E-state index in [2.05, 4.69) is 10.3 Å². The summed E-state index contributed by atoms with van der Waals surface area (Å²) >= 11 is 0. The van der Waals surface area contributed by atoms with Crippen LogP contribution in [-0.2, 0) is 6.61 Å². The molecular formula is C14H15FN2O. The Hall–Kier alpha value is -2.10. The van der Waals surface area contributed by atoms with Gasteiger partial charge in [0.2, 0.25) is 0 Å². The normalized spacial score (nSPS) is 10.2. The first-order valence-electron chi connectivity index (χ1n) is 5.71. The molecule has 0 radical (unpaired) electrons. The lowest BCUT2D eigenvalue weighted by Gasteiger charge is -2.08. The van der Waals surface area contributed by atoms with E-state index in [-0.39, 0.29) is 18.2 Å². The monoisotopic (exact) mass is 246 g/mol. The minimum Gasteiger partial charge on any atom is -0.484 e. The highest BCUT2D eigenvalue weighted by Gasteiger charge is 2.04. The fraction of sp³-hybridized carbons (Fsp3) is 0.214. The Kier molecular flexibility index (Phi) is 3.77. The van der Waals surface area contributed by atoms with E-state index in [1.807, 2.05) is 25.1 Å². The minimum atomic E-state index is -0.356. The molecule has 0 fully saturated rings. The molecule has 1 aromatic heterocycles. The van der Waals surface area contributed by atoms with Crippen LogP contribution in [0, 0.1) is 12.7 Å². The molecule has 2 aromatic rings. The van der Waals surface area contributed by atoms with Gasteiger partial charge in [0.15, 0.2) is 11.6 Å². The summed E-state index contributed by atoms with van der Waals surface area (Å²) in [6.45, 7) is 2.14. The predicted molar refractivity (Wildman–Crippen MR) is 69.3 cm³/mol. The number of aryl methyl sites for hydroxylation is 1. The van der Waals surface area contributed by atoms with Crippen LogP contribution in [0.1, 0.15) is 11.3 Å². The fourth-order valence-corrected chi connectivity index (χ4v) is 1.57. The van der Waals surface area contributed by atoms with Crippen LogP contribution in [0.5, 0.6) is 5.75 Å². The molecule has 0 unspecified atom stereocenters. The number of pyridine rings is 1. The van der Waals surface area contributed by atoms with Gasteiger partial charge in [0, 0.05) is 7.05 Å². The summed E-state index contributed by atoms with van der Waals surface area (Å²) < 4.78 is 18.9. The van der Waals surface area contributed by atoms with Gasteiger partial charge in [-0.1, -0.05) is 12.1 Å². The molecule has 0 aliphatic heterocycles. The van der Waals surface area contributed by atoms with Crippen molar-refractivity contribution in [1.29, 1.82) is 0 Å². The number of anilines is 1. The van der Waals surface area contributed by atoms with Crippen LogP contribution < -0.4 is 10.1 Å². The molecule has 0 saturated heterocycles. The van der Waals surface area contributed by atoms with Gasteiger partial charge in [-0.05, 0) is 36.8 Å². The largest absolute Gasteiger partial charge is 0.484 e. The molecule has 0 spiro atoms. The summed E-state index contributed by atoms with van der Waals surface area (Å²) in [5.74, 6) is 0.665. The Labute approximate surface area is 106 Å². The average molecular weight is 246 g/mol. The van der Waals surface area contributed by atoms with Crippen molar-refractivity contribution in [3.05, 3.63) is 53.5 Å². The van der Waals surface area contributed by atoms with E-state index in [0.717, 1.165) is 17.1 Å². The molecule has 0 saturated carbocycles. The maximum absolute atomic E-state index is 13.5. The van der Waals surface area contributed by atoms with Crippen LogP contribution in [0.3, 0.4) is 0 Å². The Morgan fingerprint density at radius 2 is 2.11 bits per heavy atom. The van der Waals surface area contributed by atoms with Crippen LogP contribution in [0.4, 0.5) is 10.2 Å². The van der Waals surface area contributed by atoms with Crippen molar-refractivity contribution in [1.82, 2.24) is 4.98 Å². The van der Waals surface area contributed by atoms with Crippen LogP contribution in [-0.4, -0.2) is 12.0 Å². The number of hydrogen-bond donors (Lipinski definition) is 1. The van der Waals surface area contributed by atoms with E-state index in [4.69, 9.17) is 4.74 Å². The van der Waals surface area contributed by atoms with Crippen molar-refractivity contribution in [2.75, 3.05) is 12.4 Å². The number of halogens is 1. The van der Waals surface area contributed by atoms with E-state index < -0.39 is 0 Å². The summed E-state index contributed by atoms with van der Waals surface area (Å²) in [5.41, 5.74) is 1.71. The van der Waals surface area contributed by atoms with Gasteiger partial charge in [-0.2, -0.15) is 0 Å². The molecule has 1 heterocycles. The third kappa shape index (κ3) is 2.97. The van der Waals surface area contributed by atoms with Gasteiger partial charge in [-0.15, -0.1) is 0 Å². The number of nitrogens with zero attached hydrogens (tertiary/aromatic N) is 1. The first-order chi connectivity index (χ1) is 8.69. The highest BCUT2D eigenvalue weighted by atomic mass is 19.1. The summed E-state index contributed by atoms with van der Waals surface area (Å²) in [7, 11) is 1.80. The van der Waals surface area contributed by atoms with Crippen LogP contribution in [0.15, 0.2) is 36.4 Å². The Morgan fingerprint density at radius 1 is 1.28 bits per heavy atom. The standard InChI is InChI=1S/C14H15FN2O/c1-10-6-7-12(15)13(8-10)18-9-11-4-3-5-14(16-2)17-11/h3-8H,9H2,1-2H3,(H,16,17). The molecule has 94 valence electrons. The van der Waals surface area contributed by atoms with E-state index in [1.54, 1.807) is 19.2 Å². The third-order valence-electron chi connectivity index (χ3n) is 2.53. The second-order valence-corrected chi connectivity index (χ2v) is 3.99.